The normalized spacial score (nSPS) is 20.5. The number of aromatic nitrogens is 1. The van der Waals surface area contributed by atoms with Crippen molar-refractivity contribution in [3.05, 3.63) is 73.1 Å². The van der Waals surface area contributed by atoms with Gasteiger partial charge in [0.2, 0.25) is 17.7 Å². The van der Waals surface area contributed by atoms with Crippen molar-refractivity contribution in [1.29, 1.82) is 0 Å². The molecule has 0 radical (unpaired) electrons. The largest absolute Gasteiger partial charge is 0.324 e. The first kappa shape index (κ1) is 24.1. The molecule has 2 aliphatic heterocycles. The highest BCUT2D eigenvalue weighted by Gasteiger charge is 2.59. The fraction of sp³-hybridized carbons (Fsp3) is 0.250. The van der Waals surface area contributed by atoms with E-state index in [1.807, 2.05) is 19.9 Å². The number of rotatable bonds is 4. The van der Waals surface area contributed by atoms with Gasteiger partial charge in [0, 0.05) is 16.0 Å². The predicted octanol–water partition coefficient (Wildman–Crippen LogP) is 4.80. The number of para-hydroxylation sites is 1. The van der Waals surface area contributed by atoms with Gasteiger partial charge < -0.3 is 5.32 Å². The second-order valence-electron chi connectivity index (χ2n) is 8.85. The minimum atomic E-state index is -0.767. The number of anilines is 2. The molecule has 180 valence electrons. The van der Waals surface area contributed by atoms with Crippen molar-refractivity contribution in [2.75, 3.05) is 10.2 Å². The third-order valence-corrected chi connectivity index (χ3v) is 9.79. The number of thiazole rings is 1. The van der Waals surface area contributed by atoms with Crippen LogP contribution < -0.4 is 15.1 Å². The molecular formula is C24H19Cl2N3O4S2. The molecule has 1 aromatic heterocycles. The molecule has 1 N–H and O–H groups in total. The fourth-order valence-corrected chi connectivity index (χ4v) is 7.85. The van der Waals surface area contributed by atoms with Crippen molar-refractivity contribution in [2.45, 2.75) is 36.1 Å². The molecule has 1 fully saturated rings. The van der Waals surface area contributed by atoms with E-state index in [1.165, 1.54) is 27.3 Å². The van der Waals surface area contributed by atoms with E-state index >= 15 is 0 Å². The number of amides is 3. The average Bonchev–Trinajstić information content (AvgIpc) is 3.26. The van der Waals surface area contributed by atoms with Crippen LogP contribution in [-0.4, -0.2) is 27.5 Å². The smallest absolute Gasteiger partial charge is 0.308 e. The number of nitrogens with one attached hydrogen (secondary N) is 1. The molecule has 1 saturated heterocycles. The van der Waals surface area contributed by atoms with Gasteiger partial charge in [0.1, 0.15) is 11.8 Å². The van der Waals surface area contributed by atoms with Crippen LogP contribution >= 0.6 is 46.3 Å². The zero-order chi connectivity index (χ0) is 25.1. The molecule has 3 amide bonds. The zero-order valence-electron chi connectivity index (χ0n) is 18.6. The van der Waals surface area contributed by atoms with Crippen LogP contribution in [0.25, 0.3) is 0 Å². The first-order valence-electron chi connectivity index (χ1n) is 10.7. The molecule has 35 heavy (non-hydrogen) atoms. The number of benzene rings is 2. The standard InChI is InChI=1S/C24H19Cl2N3O4S2/c1-24(2)17-18(21(32)29(20(17)31)13-6-4-3-5-7-13)34-22-19(24)35-23(33)28(22)11-16(30)27-12-8-9-14(25)15(26)10-12/h3-10,17-18H,11H2,1-2H3,(H,27,30). The van der Waals surface area contributed by atoms with E-state index < -0.39 is 22.5 Å². The topological polar surface area (TPSA) is 88.5 Å². The molecule has 2 aromatic carbocycles. The molecule has 11 heteroatoms. The number of carbonyl (C=O) groups excluding carboxylic acids is 3. The van der Waals surface area contributed by atoms with Gasteiger partial charge in [-0.3, -0.25) is 23.7 Å². The third kappa shape index (κ3) is 4.00. The summed E-state index contributed by atoms with van der Waals surface area (Å²) in [6.07, 6.45) is 0. The fourth-order valence-electron chi connectivity index (χ4n) is 4.52. The van der Waals surface area contributed by atoms with Gasteiger partial charge in [0.15, 0.2) is 0 Å². The highest BCUT2D eigenvalue weighted by molar-refractivity contribution is 8.00. The van der Waals surface area contributed by atoms with E-state index in [9.17, 15) is 19.2 Å². The van der Waals surface area contributed by atoms with Gasteiger partial charge in [-0.25, -0.2) is 4.90 Å². The monoisotopic (exact) mass is 547 g/mol. The van der Waals surface area contributed by atoms with Gasteiger partial charge in [-0.2, -0.15) is 0 Å². The van der Waals surface area contributed by atoms with Gasteiger partial charge in [-0.05, 0) is 30.3 Å². The molecule has 2 aliphatic rings. The second-order valence-corrected chi connectivity index (χ2v) is 11.8. The van der Waals surface area contributed by atoms with Crippen LogP contribution in [0.2, 0.25) is 10.0 Å². The number of thioether (sulfide) groups is 1. The summed E-state index contributed by atoms with van der Waals surface area (Å²) in [5, 5.41) is 3.23. The summed E-state index contributed by atoms with van der Waals surface area (Å²) in [6.45, 7) is 3.51. The van der Waals surface area contributed by atoms with E-state index in [-0.39, 0.29) is 23.2 Å². The van der Waals surface area contributed by atoms with Crippen LogP contribution in [0, 0.1) is 5.92 Å². The summed E-state index contributed by atoms with van der Waals surface area (Å²) in [6, 6.07) is 13.5. The van der Waals surface area contributed by atoms with Crippen LogP contribution in [0.15, 0.2) is 58.4 Å². The first-order valence-corrected chi connectivity index (χ1v) is 13.1. The molecule has 0 aliphatic carbocycles. The van der Waals surface area contributed by atoms with Crippen molar-refractivity contribution in [2.24, 2.45) is 5.92 Å². The summed E-state index contributed by atoms with van der Waals surface area (Å²) < 4.78 is 1.37. The van der Waals surface area contributed by atoms with Crippen molar-refractivity contribution in [3.8, 4) is 0 Å². The van der Waals surface area contributed by atoms with E-state index in [0.29, 0.717) is 31.3 Å². The first-order chi connectivity index (χ1) is 16.6. The minimum absolute atomic E-state index is 0.240. The Bertz CT molecular complexity index is 1430. The van der Waals surface area contributed by atoms with E-state index in [1.54, 1.807) is 36.4 Å². The zero-order valence-corrected chi connectivity index (χ0v) is 21.7. The second kappa shape index (κ2) is 8.81. The summed E-state index contributed by atoms with van der Waals surface area (Å²) in [7, 11) is 0. The van der Waals surface area contributed by atoms with Gasteiger partial charge in [-0.15, -0.1) is 0 Å². The Morgan fingerprint density at radius 2 is 1.74 bits per heavy atom. The van der Waals surface area contributed by atoms with Gasteiger partial charge >= 0.3 is 4.87 Å². The number of hydrogen-bond donors (Lipinski definition) is 1. The molecule has 2 unspecified atom stereocenters. The molecule has 0 spiro atoms. The number of fused-ring (bicyclic) bond motifs is 2. The maximum atomic E-state index is 13.4. The number of imide groups is 1. The lowest BCUT2D eigenvalue weighted by Gasteiger charge is -2.36. The molecule has 5 rings (SSSR count). The Morgan fingerprint density at radius 1 is 1.03 bits per heavy atom. The number of hydrogen-bond acceptors (Lipinski definition) is 6. The lowest BCUT2D eigenvalue weighted by atomic mass is 9.76. The van der Waals surface area contributed by atoms with Crippen molar-refractivity contribution < 1.29 is 14.4 Å². The molecule has 0 bridgehead atoms. The van der Waals surface area contributed by atoms with Crippen LogP contribution in [0.3, 0.4) is 0 Å². The molecule has 3 aromatic rings. The van der Waals surface area contributed by atoms with Crippen LogP contribution in [0.4, 0.5) is 11.4 Å². The van der Waals surface area contributed by atoms with Crippen molar-refractivity contribution in [3.63, 3.8) is 0 Å². The predicted molar refractivity (Wildman–Crippen MR) is 139 cm³/mol. The average molecular weight is 548 g/mol. The highest BCUT2D eigenvalue weighted by Crippen LogP contribution is 2.54. The van der Waals surface area contributed by atoms with Crippen LogP contribution in [-0.2, 0) is 26.3 Å². The summed E-state index contributed by atoms with van der Waals surface area (Å²) in [5.41, 5.74) is 0.205. The molecule has 7 nitrogen and oxygen atoms in total. The van der Waals surface area contributed by atoms with Crippen molar-refractivity contribution in [1.82, 2.24) is 4.57 Å². The number of halogens is 2. The quantitative estimate of drug-likeness (QED) is 0.474. The van der Waals surface area contributed by atoms with Gasteiger partial charge in [-0.1, -0.05) is 78.3 Å². The maximum Gasteiger partial charge on any atom is 0.308 e. The Hall–Kier alpha value is -2.59. The van der Waals surface area contributed by atoms with Crippen LogP contribution in [0.5, 0.6) is 0 Å². The van der Waals surface area contributed by atoms with E-state index in [2.05, 4.69) is 5.32 Å². The minimum Gasteiger partial charge on any atom is -0.324 e. The summed E-state index contributed by atoms with van der Waals surface area (Å²) in [4.78, 5) is 54.1. The SMILES string of the molecule is CC1(C)c2sc(=O)n(CC(=O)Nc3ccc(Cl)c(Cl)c3)c2SC2C(=O)N(c3ccccc3)C(=O)C21. The molecule has 0 saturated carbocycles. The van der Waals surface area contributed by atoms with Gasteiger partial charge in [0.25, 0.3) is 0 Å². The molecule has 3 heterocycles. The lowest BCUT2D eigenvalue weighted by molar-refractivity contribution is -0.123. The highest BCUT2D eigenvalue weighted by atomic mass is 35.5. The summed E-state index contributed by atoms with van der Waals surface area (Å²) in [5.74, 6) is -1.64. The lowest BCUT2D eigenvalue weighted by Crippen LogP contribution is -2.41. The maximum absolute atomic E-state index is 13.4. The Labute approximate surface area is 219 Å². The Morgan fingerprint density at radius 3 is 2.43 bits per heavy atom. The summed E-state index contributed by atoms with van der Waals surface area (Å²) >= 11 is 14.1. The molecular weight excluding hydrogens is 529 g/mol. The molecule has 2 atom stereocenters. The van der Waals surface area contributed by atoms with Gasteiger partial charge in [0.05, 0.1) is 26.7 Å². The number of carbonyl (C=O) groups is 3. The Balaban J connectivity index is 1.46. The number of nitrogens with zero attached hydrogens (tertiary/aromatic N) is 2. The Kier molecular flexibility index (Phi) is 6.07. The van der Waals surface area contributed by atoms with Crippen molar-refractivity contribution >= 4 is 75.4 Å². The van der Waals surface area contributed by atoms with E-state index in [0.717, 1.165) is 11.3 Å². The third-order valence-electron chi connectivity index (χ3n) is 6.22. The van der Waals surface area contributed by atoms with E-state index in [4.69, 9.17) is 23.2 Å². The van der Waals surface area contributed by atoms with Crippen LogP contribution in [0.1, 0.15) is 18.7 Å².